The van der Waals surface area contributed by atoms with E-state index in [-0.39, 0.29) is 23.9 Å². The summed E-state index contributed by atoms with van der Waals surface area (Å²) in [6.45, 7) is 0.263. The molecule has 3 aromatic rings. The lowest BCUT2D eigenvalue weighted by molar-refractivity contribution is -0.148. The molecule has 0 bridgehead atoms. The summed E-state index contributed by atoms with van der Waals surface area (Å²) >= 11 is 5.90. The lowest BCUT2D eigenvalue weighted by atomic mass is 10.1. The fourth-order valence-electron chi connectivity index (χ4n) is 4.32. The second-order valence-corrected chi connectivity index (χ2v) is 10.4. The Balaban J connectivity index is 1.45. The van der Waals surface area contributed by atoms with E-state index >= 15 is 0 Å². The minimum absolute atomic E-state index is 0.00330. The molecule has 0 saturated carbocycles. The molecule has 0 radical (unpaired) electrons. The van der Waals surface area contributed by atoms with Crippen molar-refractivity contribution in [2.75, 3.05) is 29.4 Å². The summed E-state index contributed by atoms with van der Waals surface area (Å²) in [6.07, 6.45) is -0.485. The molecular formula is C25H21ClN2O6S. The topological polar surface area (TPSA) is 93.2 Å². The standard InChI is InChI=1S/C25H21ClN2O6S/c1-33-25(30)23-15-27(21-4-2-3-5-22(21)34-23)24(29)17-6-11-20-16(14-17)12-13-28(20)35(31,32)19-9-7-18(26)8-10-19/h2-11,14,23H,12-13,15H2,1H3. The predicted molar refractivity (Wildman–Crippen MR) is 131 cm³/mol. The van der Waals surface area contributed by atoms with Gasteiger partial charge in [-0.05, 0) is 66.6 Å². The number of ether oxygens (including phenoxy) is 2. The molecule has 180 valence electrons. The van der Waals surface area contributed by atoms with E-state index in [4.69, 9.17) is 21.1 Å². The van der Waals surface area contributed by atoms with Gasteiger partial charge in [-0.1, -0.05) is 23.7 Å². The summed E-state index contributed by atoms with van der Waals surface area (Å²) in [5.41, 5.74) is 2.21. The van der Waals surface area contributed by atoms with Crippen molar-refractivity contribution in [2.24, 2.45) is 0 Å². The average molecular weight is 513 g/mol. The number of hydrogen-bond donors (Lipinski definition) is 0. The third kappa shape index (κ3) is 4.11. The maximum Gasteiger partial charge on any atom is 0.348 e. The van der Waals surface area contributed by atoms with Crippen LogP contribution in [0.4, 0.5) is 11.4 Å². The molecule has 0 saturated heterocycles. The van der Waals surface area contributed by atoms with E-state index in [1.165, 1.54) is 40.6 Å². The number of carbonyl (C=O) groups is 2. The van der Waals surface area contributed by atoms with E-state index in [9.17, 15) is 18.0 Å². The Hall–Kier alpha value is -3.56. The van der Waals surface area contributed by atoms with E-state index in [0.29, 0.717) is 34.1 Å². The van der Waals surface area contributed by atoms with Crippen LogP contribution in [0.1, 0.15) is 15.9 Å². The fraction of sp³-hybridized carbons (Fsp3) is 0.200. The molecule has 35 heavy (non-hydrogen) atoms. The first-order valence-corrected chi connectivity index (χ1v) is 12.7. The second kappa shape index (κ2) is 8.90. The van der Waals surface area contributed by atoms with Crippen molar-refractivity contribution in [2.45, 2.75) is 17.4 Å². The summed E-state index contributed by atoms with van der Waals surface area (Å²) in [6, 6.07) is 17.9. The molecule has 0 fully saturated rings. The van der Waals surface area contributed by atoms with Gasteiger partial charge in [-0.15, -0.1) is 0 Å². The minimum Gasteiger partial charge on any atom is -0.475 e. The van der Waals surface area contributed by atoms with Crippen LogP contribution in [0.25, 0.3) is 0 Å². The summed E-state index contributed by atoms with van der Waals surface area (Å²) < 4.78 is 38.3. The highest BCUT2D eigenvalue weighted by Crippen LogP contribution is 2.37. The molecule has 1 amide bonds. The monoisotopic (exact) mass is 512 g/mol. The van der Waals surface area contributed by atoms with Crippen LogP contribution in [-0.4, -0.2) is 46.6 Å². The summed E-state index contributed by atoms with van der Waals surface area (Å²) in [4.78, 5) is 27.3. The van der Waals surface area contributed by atoms with Gasteiger partial charge in [0, 0.05) is 17.1 Å². The normalized spacial score (nSPS) is 16.8. The number of anilines is 2. The van der Waals surface area contributed by atoms with Crippen LogP contribution in [0.3, 0.4) is 0 Å². The number of esters is 1. The van der Waals surface area contributed by atoms with Crippen LogP contribution in [0, 0.1) is 0 Å². The Labute approximate surface area is 207 Å². The van der Waals surface area contributed by atoms with Gasteiger partial charge in [-0.2, -0.15) is 0 Å². The number of amides is 1. The Morgan fingerprint density at radius 1 is 1.03 bits per heavy atom. The molecule has 1 unspecified atom stereocenters. The van der Waals surface area contributed by atoms with Crippen molar-refractivity contribution in [3.05, 3.63) is 82.9 Å². The number of hydrogen-bond acceptors (Lipinski definition) is 6. The zero-order valence-corrected chi connectivity index (χ0v) is 20.3. The molecular weight excluding hydrogens is 492 g/mol. The van der Waals surface area contributed by atoms with Crippen molar-refractivity contribution >= 4 is 44.9 Å². The Kier molecular flexibility index (Phi) is 5.90. The number of nitrogens with zero attached hydrogens (tertiary/aromatic N) is 2. The summed E-state index contributed by atoms with van der Waals surface area (Å²) in [5.74, 6) is -0.491. The van der Waals surface area contributed by atoms with Gasteiger partial charge in [0.25, 0.3) is 15.9 Å². The predicted octanol–water partition coefficient (Wildman–Crippen LogP) is 3.67. The van der Waals surface area contributed by atoms with Gasteiger partial charge in [-0.3, -0.25) is 9.10 Å². The van der Waals surface area contributed by atoms with E-state index in [0.717, 1.165) is 5.56 Å². The number of methoxy groups -OCH3 is 1. The van der Waals surface area contributed by atoms with Gasteiger partial charge in [0.2, 0.25) is 6.10 Å². The molecule has 0 spiro atoms. The first-order chi connectivity index (χ1) is 16.8. The van der Waals surface area contributed by atoms with Gasteiger partial charge in [0.15, 0.2) is 0 Å². The van der Waals surface area contributed by atoms with E-state index in [1.807, 2.05) is 0 Å². The lowest BCUT2D eigenvalue weighted by Gasteiger charge is -2.33. The van der Waals surface area contributed by atoms with Crippen LogP contribution < -0.4 is 13.9 Å². The number of sulfonamides is 1. The average Bonchev–Trinajstić information content (AvgIpc) is 3.31. The number of carbonyl (C=O) groups excluding carboxylic acids is 2. The molecule has 5 rings (SSSR count). The highest BCUT2D eigenvalue weighted by molar-refractivity contribution is 7.92. The highest BCUT2D eigenvalue weighted by atomic mass is 35.5. The molecule has 0 aromatic heterocycles. The molecule has 2 aliphatic rings. The highest BCUT2D eigenvalue weighted by Gasteiger charge is 2.36. The fourth-order valence-corrected chi connectivity index (χ4v) is 5.95. The van der Waals surface area contributed by atoms with Gasteiger partial charge in [-0.25, -0.2) is 13.2 Å². The van der Waals surface area contributed by atoms with Crippen molar-refractivity contribution in [3.63, 3.8) is 0 Å². The maximum absolute atomic E-state index is 13.5. The molecule has 0 N–H and O–H groups in total. The van der Waals surface area contributed by atoms with Crippen molar-refractivity contribution in [3.8, 4) is 5.75 Å². The van der Waals surface area contributed by atoms with Crippen LogP contribution in [-0.2, 0) is 26.0 Å². The van der Waals surface area contributed by atoms with Crippen LogP contribution in [0.2, 0.25) is 5.02 Å². The van der Waals surface area contributed by atoms with Crippen molar-refractivity contribution in [1.29, 1.82) is 0 Å². The third-order valence-electron chi connectivity index (χ3n) is 6.06. The first-order valence-electron chi connectivity index (χ1n) is 10.9. The number of rotatable bonds is 4. The molecule has 10 heteroatoms. The van der Waals surface area contributed by atoms with Gasteiger partial charge >= 0.3 is 5.97 Å². The smallest absolute Gasteiger partial charge is 0.348 e. The Morgan fingerprint density at radius 3 is 2.51 bits per heavy atom. The van der Waals surface area contributed by atoms with Crippen LogP contribution in [0.5, 0.6) is 5.75 Å². The first kappa shape index (κ1) is 23.2. The molecule has 0 aliphatic carbocycles. The van der Waals surface area contributed by atoms with Gasteiger partial charge < -0.3 is 14.4 Å². The largest absolute Gasteiger partial charge is 0.475 e. The number of benzene rings is 3. The maximum atomic E-state index is 13.5. The minimum atomic E-state index is -3.77. The zero-order valence-electron chi connectivity index (χ0n) is 18.7. The third-order valence-corrected chi connectivity index (χ3v) is 8.14. The summed E-state index contributed by atoms with van der Waals surface area (Å²) in [5, 5.41) is 0.452. The van der Waals surface area contributed by atoms with E-state index in [1.54, 1.807) is 42.5 Å². The van der Waals surface area contributed by atoms with Gasteiger partial charge in [0.05, 0.1) is 29.9 Å². The molecule has 1 atom stereocenters. The number of halogens is 1. The van der Waals surface area contributed by atoms with Crippen LogP contribution >= 0.6 is 11.6 Å². The van der Waals surface area contributed by atoms with E-state index in [2.05, 4.69) is 0 Å². The van der Waals surface area contributed by atoms with Crippen LogP contribution in [0.15, 0.2) is 71.6 Å². The van der Waals surface area contributed by atoms with Crippen molar-refractivity contribution in [1.82, 2.24) is 0 Å². The van der Waals surface area contributed by atoms with Gasteiger partial charge in [0.1, 0.15) is 5.75 Å². The summed E-state index contributed by atoms with van der Waals surface area (Å²) in [7, 11) is -2.50. The Bertz CT molecular complexity index is 1420. The Morgan fingerprint density at radius 2 is 1.77 bits per heavy atom. The molecule has 2 aliphatic heterocycles. The molecule has 8 nitrogen and oxygen atoms in total. The quantitative estimate of drug-likeness (QED) is 0.495. The number of para-hydroxylation sites is 2. The lowest BCUT2D eigenvalue weighted by Crippen LogP contribution is -2.47. The van der Waals surface area contributed by atoms with Crippen molar-refractivity contribution < 1.29 is 27.5 Å². The number of fused-ring (bicyclic) bond motifs is 2. The van der Waals surface area contributed by atoms with E-state index < -0.39 is 22.1 Å². The zero-order chi connectivity index (χ0) is 24.7. The SMILES string of the molecule is COC(=O)C1CN(C(=O)c2ccc3c(c2)CCN3S(=O)(=O)c2ccc(Cl)cc2)c2ccccc2O1. The molecule has 2 heterocycles. The molecule has 3 aromatic carbocycles. The second-order valence-electron chi connectivity index (χ2n) is 8.14.